The third-order valence-corrected chi connectivity index (χ3v) is 4.09. The van der Waals surface area contributed by atoms with E-state index in [1.807, 2.05) is 12.4 Å². The second-order valence-corrected chi connectivity index (χ2v) is 5.86. The minimum absolute atomic E-state index is 0.597. The molecule has 5 heteroatoms. The molecule has 1 fully saturated rings. The molecule has 0 spiro atoms. The summed E-state index contributed by atoms with van der Waals surface area (Å²) in [6, 6.07) is 0.597. The number of ether oxygens (including phenoxy) is 1. The van der Waals surface area contributed by atoms with E-state index in [0.717, 1.165) is 50.1 Å². The number of hydrogen-bond acceptors (Lipinski definition) is 5. The lowest BCUT2D eigenvalue weighted by Gasteiger charge is -2.28. The van der Waals surface area contributed by atoms with Gasteiger partial charge in [-0.2, -0.15) is 0 Å². The Morgan fingerprint density at radius 3 is 2.76 bits per heavy atom. The molecule has 1 N–H and O–H groups in total. The van der Waals surface area contributed by atoms with Crippen molar-refractivity contribution in [2.45, 2.75) is 45.7 Å². The molecule has 21 heavy (non-hydrogen) atoms. The first-order valence-corrected chi connectivity index (χ1v) is 8.02. The molecule has 0 bridgehead atoms. The first-order chi connectivity index (χ1) is 10.2. The van der Waals surface area contributed by atoms with Crippen molar-refractivity contribution in [1.29, 1.82) is 0 Å². The van der Waals surface area contributed by atoms with Crippen LogP contribution in [0.2, 0.25) is 0 Å². The third kappa shape index (κ3) is 5.25. The van der Waals surface area contributed by atoms with Crippen LogP contribution in [0.4, 0.5) is 5.82 Å². The maximum atomic E-state index is 5.24. The monoisotopic (exact) mass is 292 g/mol. The molecule has 1 heterocycles. The van der Waals surface area contributed by atoms with Crippen molar-refractivity contribution in [1.82, 2.24) is 14.9 Å². The molecule has 0 amide bonds. The SMILES string of the molecule is CCCNc1cnc(CN(CCOC)C(C)C2CC2)cn1. The summed E-state index contributed by atoms with van der Waals surface area (Å²) in [7, 11) is 1.76. The van der Waals surface area contributed by atoms with Crippen LogP contribution in [0.25, 0.3) is 0 Å². The van der Waals surface area contributed by atoms with Gasteiger partial charge in [0.1, 0.15) is 5.82 Å². The van der Waals surface area contributed by atoms with Gasteiger partial charge < -0.3 is 10.1 Å². The summed E-state index contributed by atoms with van der Waals surface area (Å²) in [5.74, 6) is 1.71. The third-order valence-electron chi connectivity index (χ3n) is 4.09. The molecular formula is C16H28N4O. The van der Waals surface area contributed by atoms with Gasteiger partial charge in [0.15, 0.2) is 0 Å². The fourth-order valence-corrected chi connectivity index (χ4v) is 2.50. The van der Waals surface area contributed by atoms with Crippen molar-refractivity contribution in [2.24, 2.45) is 5.92 Å². The molecule has 1 aromatic rings. The van der Waals surface area contributed by atoms with Crippen LogP contribution in [-0.2, 0) is 11.3 Å². The van der Waals surface area contributed by atoms with E-state index in [1.54, 1.807) is 7.11 Å². The summed E-state index contributed by atoms with van der Waals surface area (Å²) in [5, 5.41) is 3.25. The van der Waals surface area contributed by atoms with Crippen LogP contribution in [-0.4, -0.2) is 47.7 Å². The van der Waals surface area contributed by atoms with Gasteiger partial charge in [-0.15, -0.1) is 0 Å². The van der Waals surface area contributed by atoms with Crippen LogP contribution in [0, 0.1) is 5.92 Å². The zero-order valence-corrected chi connectivity index (χ0v) is 13.5. The molecule has 5 nitrogen and oxygen atoms in total. The molecule has 2 rings (SSSR count). The van der Waals surface area contributed by atoms with Crippen molar-refractivity contribution >= 4 is 5.82 Å². The van der Waals surface area contributed by atoms with Gasteiger partial charge in [0.2, 0.25) is 0 Å². The lowest BCUT2D eigenvalue weighted by atomic mass is 10.1. The molecule has 0 saturated heterocycles. The van der Waals surface area contributed by atoms with E-state index in [9.17, 15) is 0 Å². The van der Waals surface area contributed by atoms with E-state index in [1.165, 1.54) is 12.8 Å². The minimum atomic E-state index is 0.597. The summed E-state index contributed by atoms with van der Waals surface area (Å²) >= 11 is 0. The van der Waals surface area contributed by atoms with E-state index < -0.39 is 0 Å². The summed E-state index contributed by atoms with van der Waals surface area (Å²) in [5.41, 5.74) is 1.03. The van der Waals surface area contributed by atoms with Crippen molar-refractivity contribution < 1.29 is 4.74 Å². The van der Waals surface area contributed by atoms with Crippen molar-refractivity contribution in [3.05, 3.63) is 18.1 Å². The zero-order chi connectivity index (χ0) is 15.1. The molecule has 1 unspecified atom stereocenters. The van der Waals surface area contributed by atoms with Gasteiger partial charge in [0.25, 0.3) is 0 Å². The molecule has 1 atom stereocenters. The Kier molecular flexibility index (Phi) is 6.39. The molecular weight excluding hydrogens is 264 g/mol. The summed E-state index contributed by atoms with van der Waals surface area (Å²) in [4.78, 5) is 11.4. The van der Waals surface area contributed by atoms with Crippen LogP contribution in [0.15, 0.2) is 12.4 Å². The maximum Gasteiger partial charge on any atom is 0.144 e. The Morgan fingerprint density at radius 2 is 2.19 bits per heavy atom. The highest BCUT2D eigenvalue weighted by molar-refractivity contribution is 5.30. The molecule has 0 aromatic carbocycles. The molecule has 0 radical (unpaired) electrons. The van der Waals surface area contributed by atoms with E-state index in [0.29, 0.717) is 6.04 Å². The van der Waals surface area contributed by atoms with Crippen molar-refractivity contribution in [3.8, 4) is 0 Å². The number of hydrogen-bond donors (Lipinski definition) is 1. The molecule has 0 aliphatic heterocycles. The molecule has 1 aliphatic rings. The Labute approximate surface area is 128 Å². The molecule has 118 valence electrons. The van der Waals surface area contributed by atoms with E-state index >= 15 is 0 Å². The highest BCUT2D eigenvalue weighted by Crippen LogP contribution is 2.35. The summed E-state index contributed by atoms with van der Waals surface area (Å²) < 4.78 is 5.24. The van der Waals surface area contributed by atoms with Gasteiger partial charge >= 0.3 is 0 Å². The standard InChI is InChI=1S/C16H28N4O/c1-4-7-17-16-11-18-15(10-19-16)12-20(8-9-21-3)13(2)14-5-6-14/h10-11,13-14H,4-9,12H2,1-3H3,(H,17,19). The number of aromatic nitrogens is 2. The Hall–Kier alpha value is -1.20. The second kappa shape index (κ2) is 8.29. The zero-order valence-electron chi connectivity index (χ0n) is 13.5. The number of nitrogens with one attached hydrogen (secondary N) is 1. The van der Waals surface area contributed by atoms with Crippen LogP contribution in [0.1, 0.15) is 38.8 Å². The fraction of sp³-hybridized carbons (Fsp3) is 0.750. The Bertz CT molecular complexity index is 405. The Balaban J connectivity index is 1.91. The van der Waals surface area contributed by atoms with Gasteiger partial charge in [0.05, 0.1) is 24.7 Å². The van der Waals surface area contributed by atoms with Crippen LogP contribution < -0.4 is 5.32 Å². The molecule has 1 saturated carbocycles. The first-order valence-electron chi connectivity index (χ1n) is 8.02. The molecule has 1 aliphatic carbocycles. The van der Waals surface area contributed by atoms with Gasteiger partial charge in [0, 0.05) is 32.8 Å². The van der Waals surface area contributed by atoms with E-state index in [4.69, 9.17) is 4.74 Å². The lowest BCUT2D eigenvalue weighted by molar-refractivity contribution is 0.110. The van der Waals surface area contributed by atoms with E-state index in [2.05, 4.69) is 34.0 Å². The van der Waals surface area contributed by atoms with Crippen LogP contribution in [0.5, 0.6) is 0 Å². The smallest absolute Gasteiger partial charge is 0.144 e. The molecule has 1 aromatic heterocycles. The topological polar surface area (TPSA) is 50.3 Å². The predicted molar refractivity (Wildman–Crippen MR) is 85.3 cm³/mol. The average Bonchev–Trinajstić information content (AvgIpc) is 3.34. The van der Waals surface area contributed by atoms with E-state index in [-0.39, 0.29) is 0 Å². The largest absolute Gasteiger partial charge is 0.383 e. The van der Waals surface area contributed by atoms with Gasteiger partial charge in [-0.1, -0.05) is 6.92 Å². The average molecular weight is 292 g/mol. The van der Waals surface area contributed by atoms with Gasteiger partial charge in [-0.3, -0.25) is 9.88 Å². The normalized spacial score (nSPS) is 16.2. The Morgan fingerprint density at radius 1 is 1.38 bits per heavy atom. The minimum Gasteiger partial charge on any atom is -0.383 e. The fourth-order valence-electron chi connectivity index (χ4n) is 2.50. The van der Waals surface area contributed by atoms with Crippen LogP contribution in [0.3, 0.4) is 0 Å². The first kappa shape index (κ1) is 16.2. The number of nitrogens with zero attached hydrogens (tertiary/aromatic N) is 3. The second-order valence-electron chi connectivity index (χ2n) is 5.86. The highest BCUT2D eigenvalue weighted by Gasteiger charge is 2.31. The van der Waals surface area contributed by atoms with Crippen molar-refractivity contribution in [3.63, 3.8) is 0 Å². The maximum absolute atomic E-state index is 5.24. The van der Waals surface area contributed by atoms with Gasteiger partial charge in [-0.05, 0) is 32.1 Å². The highest BCUT2D eigenvalue weighted by atomic mass is 16.5. The predicted octanol–water partition coefficient (Wildman–Crippen LogP) is 2.55. The number of rotatable bonds is 10. The number of anilines is 1. The summed E-state index contributed by atoms with van der Waals surface area (Å²) in [6.45, 7) is 7.96. The summed E-state index contributed by atoms with van der Waals surface area (Å²) in [6.07, 6.45) is 7.53. The van der Waals surface area contributed by atoms with Gasteiger partial charge in [-0.25, -0.2) is 4.98 Å². The van der Waals surface area contributed by atoms with Crippen molar-refractivity contribution in [2.75, 3.05) is 32.1 Å². The quantitative estimate of drug-likeness (QED) is 0.718. The lowest BCUT2D eigenvalue weighted by Crippen LogP contribution is -2.36. The van der Waals surface area contributed by atoms with Crippen LogP contribution >= 0.6 is 0 Å². The number of methoxy groups -OCH3 is 1.